The number of carbonyl (C=O) groups excluding carboxylic acids is 1. The predicted molar refractivity (Wildman–Crippen MR) is 76.3 cm³/mol. The highest BCUT2D eigenvalue weighted by atomic mass is 35.7. The second-order valence-electron chi connectivity index (χ2n) is 3.99. The van der Waals surface area contributed by atoms with Crippen molar-refractivity contribution in [3.8, 4) is 10.4 Å². The molecule has 1 unspecified atom stereocenters. The van der Waals surface area contributed by atoms with Crippen LogP contribution in [0.25, 0.3) is 21.2 Å². The predicted octanol–water partition coefficient (Wildman–Crippen LogP) is 4.60. The molecule has 3 aromatic rings. The van der Waals surface area contributed by atoms with Crippen LogP contribution in [0, 0.1) is 5.82 Å². The van der Waals surface area contributed by atoms with Crippen LogP contribution >= 0.6 is 20.4 Å². The number of aldehydes is 1. The monoisotopic (exact) mass is 292 g/mol. The highest BCUT2D eigenvalue weighted by Gasteiger charge is 2.25. The Balaban J connectivity index is 2.38. The summed E-state index contributed by atoms with van der Waals surface area (Å²) in [7, 11) is 5.33. The number of carbonyl (C=O) groups is 1. The van der Waals surface area contributed by atoms with E-state index in [9.17, 15) is 9.18 Å². The van der Waals surface area contributed by atoms with Crippen molar-refractivity contribution in [2.45, 2.75) is 0 Å². The van der Waals surface area contributed by atoms with Gasteiger partial charge in [-0.15, -0.1) is 0 Å². The van der Waals surface area contributed by atoms with Crippen molar-refractivity contribution >= 4 is 37.4 Å². The van der Waals surface area contributed by atoms with Crippen molar-refractivity contribution in [1.29, 1.82) is 0 Å². The highest BCUT2D eigenvalue weighted by Crippen LogP contribution is 2.44. The number of hydrogen-bond donors (Lipinski definition) is 0. The molecule has 0 aliphatic rings. The molecule has 1 aromatic carbocycles. The van der Waals surface area contributed by atoms with Crippen molar-refractivity contribution in [2.24, 2.45) is 0 Å². The molecule has 0 N–H and O–H groups in total. The largest absolute Gasteiger partial charge is 0.292 e. The van der Waals surface area contributed by atoms with Crippen LogP contribution in [0.5, 0.6) is 0 Å². The summed E-state index contributed by atoms with van der Waals surface area (Å²) in [6.45, 7) is 0. The molecule has 0 radical (unpaired) electrons. The van der Waals surface area contributed by atoms with Crippen molar-refractivity contribution in [2.75, 3.05) is 0 Å². The van der Waals surface area contributed by atoms with Crippen molar-refractivity contribution < 1.29 is 9.18 Å². The zero-order valence-electron chi connectivity index (χ0n) is 9.64. The van der Waals surface area contributed by atoms with Gasteiger partial charge in [0.15, 0.2) is 0 Å². The van der Waals surface area contributed by atoms with Crippen molar-refractivity contribution in [1.82, 2.24) is 4.98 Å². The quantitative estimate of drug-likeness (QED) is 0.510. The lowest BCUT2D eigenvalue weighted by Crippen LogP contribution is -1.86. The number of pyridine rings is 1. The molecule has 1 atom stereocenters. The molecule has 3 rings (SSSR count). The fraction of sp³-hybridized carbons (Fsp3) is 0. The molecule has 19 heavy (non-hydrogen) atoms. The van der Waals surface area contributed by atoms with Crippen LogP contribution in [0.3, 0.4) is 0 Å². The molecule has 0 spiro atoms. The maximum absolute atomic E-state index is 14.1. The molecule has 5 heteroatoms. The number of rotatable bonds is 2. The van der Waals surface area contributed by atoms with Gasteiger partial charge in [-0.1, -0.05) is 0 Å². The number of thiophene rings is 1. The first-order valence-corrected chi connectivity index (χ1v) is 7.58. The first kappa shape index (κ1) is 12.3. The van der Waals surface area contributed by atoms with Crippen LogP contribution in [0.1, 0.15) is 9.67 Å². The molecule has 0 saturated heterocycles. The minimum absolute atomic E-state index is 0.344. The third-order valence-electron chi connectivity index (χ3n) is 2.93. The Labute approximate surface area is 115 Å². The summed E-state index contributed by atoms with van der Waals surface area (Å²) in [4.78, 5) is 16.0. The highest BCUT2D eigenvalue weighted by molar-refractivity contribution is 7.64. The number of benzene rings is 1. The van der Waals surface area contributed by atoms with E-state index in [-0.39, 0.29) is 5.82 Å². The van der Waals surface area contributed by atoms with Gasteiger partial charge in [0.1, 0.15) is 15.5 Å². The Bertz CT molecular complexity index is 784. The lowest BCUT2D eigenvalue weighted by molar-refractivity contribution is 0.112. The summed E-state index contributed by atoms with van der Waals surface area (Å²) in [6.07, 6.45) is 4.00. The van der Waals surface area contributed by atoms with Crippen molar-refractivity contribution in [3.05, 3.63) is 53.4 Å². The van der Waals surface area contributed by atoms with Crippen LogP contribution in [0.15, 0.2) is 42.7 Å². The number of fused-ring (bicyclic) bond motifs is 1. The summed E-state index contributed by atoms with van der Waals surface area (Å²) in [5.74, 6) is -0.344. The third kappa shape index (κ3) is 1.93. The van der Waals surface area contributed by atoms with Gasteiger partial charge in [-0.05, 0) is 18.2 Å². The number of halogens is 2. The summed E-state index contributed by atoms with van der Waals surface area (Å²) in [5, 5.41) is 1.59. The van der Waals surface area contributed by atoms with E-state index in [4.69, 9.17) is 10.7 Å². The summed E-state index contributed by atoms with van der Waals surface area (Å²) < 4.78 is 14.1. The summed E-state index contributed by atoms with van der Waals surface area (Å²) in [6, 6.07) is 8.17. The smallest absolute Gasteiger partial charge is 0.234 e. The minimum atomic E-state index is -0.900. The number of nitrogens with zero attached hydrogens (tertiary/aromatic N) is 1. The van der Waals surface area contributed by atoms with E-state index in [1.807, 2.05) is 0 Å². The van der Waals surface area contributed by atoms with Gasteiger partial charge in [0.2, 0.25) is 26.7 Å². The third-order valence-corrected chi connectivity index (χ3v) is 5.34. The van der Waals surface area contributed by atoms with Gasteiger partial charge in [0, 0.05) is 35.3 Å². The average molecular weight is 293 g/mol. The van der Waals surface area contributed by atoms with Gasteiger partial charge in [-0.3, -0.25) is 9.78 Å². The van der Waals surface area contributed by atoms with Crippen LogP contribution in [0.2, 0.25) is 0 Å². The first-order valence-electron chi connectivity index (χ1n) is 5.52. The Morgan fingerprint density at radius 3 is 2.79 bits per heavy atom. The molecule has 0 bridgehead atoms. The molecule has 2 heterocycles. The molecule has 0 saturated carbocycles. The lowest BCUT2D eigenvalue weighted by Gasteiger charge is -2.03. The molecule has 0 aliphatic heterocycles. The van der Waals surface area contributed by atoms with Crippen LogP contribution in [-0.4, -0.2) is 11.3 Å². The zero-order valence-corrected chi connectivity index (χ0v) is 11.2. The normalized spacial score (nSPS) is 11.8. The standard InChI is InChI=1S/C14H8ClFNOS/c15-19-10(8-18)2-4-13(19)14-11-5-6-17-7-9(11)1-3-12(14)16/h1-8H/q+1. The fourth-order valence-corrected chi connectivity index (χ4v) is 3.80. The molecular weight excluding hydrogens is 285 g/mol. The van der Waals surface area contributed by atoms with E-state index >= 15 is 0 Å². The van der Waals surface area contributed by atoms with E-state index in [2.05, 4.69) is 4.98 Å². The molecule has 94 valence electrons. The Kier molecular flexibility index (Phi) is 3.05. The Morgan fingerprint density at radius 1 is 1.21 bits per heavy atom. The van der Waals surface area contributed by atoms with Gasteiger partial charge >= 0.3 is 0 Å². The molecule has 2 aromatic heterocycles. The van der Waals surface area contributed by atoms with E-state index in [1.54, 1.807) is 36.7 Å². The number of hydrogen-bond acceptors (Lipinski definition) is 2. The van der Waals surface area contributed by atoms with Gasteiger partial charge in [0.05, 0.1) is 5.56 Å². The van der Waals surface area contributed by atoms with Crippen LogP contribution in [0.4, 0.5) is 4.39 Å². The fourth-order valence-electron chi connectivity index (χ4n) is 2.05. The van der Waals surface area contributed by atoms with Gasteiger partial charge in [-0.25, -0.2) is 4.39 Å². The molecule has 0 aliphatic carbocycles. The molecule has 2 nitrogen and oxygen atoms in total. The minimum Gasteiger partial charge on any atom is -0.292 e. The topological polar surface area (TPSA) is 30.0 Å². The van der Waals surface area contributed by atoms with E-state index in [1.165, 1.54) is 6.07 Å². The molecular formula is C14H8ClFNOS+. The SMILES string of the molecule is O=Cc1ccc(-c2c(F)ccc3cnccc23)[s+]1Cl. The van der Waals surface area contributed by atoms with E-state index in [0.717, 1.165) is 10.8 Å². The Morgan fingerprint density at radius 2 is 2.05 bits per heavy atom. The maximum Gasteiger partial charge on any atom is 0.234 e. The van der Waals surface area contributed by atoms with Gasteiger partial charge in [0.25, 0.3) is 0 Å². The second-order valence-corrected chi connectivity index (χ2v) is 6.34. The second kappa shape index (κ2) is 4.72. The molecule has 0 fully saturated rings. The van der Waals surface area contributed by atoms with Gasteiger partial charge < -0.3 is 0 Å². The average Bonchev–Trinajstić information content (AvgIpc) is 2.80. The summed E-state index contributed by atoms with van der Waals surface area (Å²) >= 11 is 0. The van der Waals surface area contributed by atoms with Crippen LogP contribution in [-0.2, 0) is 0 Å². The molecule has 0 amide bonds. The zero-order chi connectivity index (χ0) is 13.4. The first-order chi connectivity index (χ1) is 9.22. The maximum atomic E-state index is 14.1. The van der Waals surface area contributed by atoms with E-state index < -0.39 is 9.68 Å². The summed E-state index contributed by atoms with van der Waals surface area (Å²) in [5.41, 5.74) is 0.450. The number of aromatic nitrogens is 1. The Hall–Kier alpha value is -1.78. The van der Waals surface area contributed by atoms with Crippen molar-refractivity contribution in [3.63, 3.8) is 0 Å². The van der Waals surface area contributed by atoms with Gasteiger partial charge in [-0.2, -0.15) is 0 Å². The van der Waals surface area contributed by atoms with E-state index in [0.29, 0.717) is 21.6 Å². The van der Waals surface area contributed by atoms with Crippen LogP contribution < -0.4 is 0 Å². The lowest BCUT2D eigenvalue weighted by atomic mass is 10.0.